The molecule has 14 heavy (non-hydrogen) atoms. The number of hydrogen-bond acceptors (Lipinski definition) is 1. The van der Waals surface area contributed by atoms with Crippen molar-refractivity contribution in [1.82, 2.24) is 9.88 Å². The van der Waals surface area contributed by atoms with Gasteiger partial charge in [-0.05, 0) is 38.1 Å². The fourth-order valence-corrected chi connectivity index (χ4v) is 1.44. The molecule has 1 rings (SSSR count). The summed E-state index contributed by atoms with van der Waals surface area (Å²) in [5.74, 6) is 0. The van der Waals surface area contributed by atoms with E-state index in [0.29, 0.717) is 6.04 Å². The lowest BCUT2D eigenvalue weighted by Crippen LogP contribution is -2.23. The second-order valence-electron chi connectivity index (χ2n) is 3.46. The highest BCUT2D eigenvalue weighted by Crippen LogP contribution is 2.12. The van der Waals surface area contributed by atoms with Gasteiger partial charge in [0.1, 0.15) is 0 Å². The summed E-state index contributed by atoms with van der Waals surface area (Å²) in [4.78, 5) is 0. The summed E-state index contributed by atoms with van der Waals surface area (Å²) in [6.45, 7) is 9.69. The lowest BCUT2D eigenvalue weighted by Gasteiger charge is -2.07. The maximum absolute atomic E-state index is 3.77. The van der Waals surface area contributed by atoms with Gasteiger partial charge in [0.05, 0.1) is 0 Å². The van der Waals surface area contributed by atoms with Crippen LogP contribution in [-0.2, 0) is 6.42 Å². The Labute approximate surface area is 85.9 Å². The predicted molar refractivity (Wildman–Crippen MR) is 63.1 cm³/mol. The summed E-state index contributed by atoms with van der Waals surface area (Å²) in [7, 11) is 1.98. The molecule has 0 radical (unpaired) electrons. The molecule has 1 aromatic rings. The number of hydrogen-bond donors (Lipinski definition) is 1. The molecule has 2 nitrogen and oxygen atoms in total. The first-order valence-corrected chi connectivity index (χ1v) is 4.84. The Morgan fingerprint density at radius 1 is 1.57 bits per heavy atom. The van der Waals surface area contributed by atoms with E-state index >= 15 is 0 Å². The van der Waals surface area contributed by atoms with Crippen LogP contribution in [0.2, 0.25) is 0 Å². The first-order chi connectivity index (χ1) is 6.71. The molecule has 76 valence electrons. The van der Waals surface area contributed by atoms with E-state index < -0.39 is 0 Å². The van der Waals surface area contributed by atoms with Gasteiger partial charge < -0.3 is 9.88 Å². The van der Waals surface area contributed by atoms with E-state index in [9.17, 15) is 0 Å². The van der Waals surface area contributed by atoms with Crippen molar-refractivity contribution < 1.29 is 0 Å². The molecule has 0 aliphatic heterocycles. The maximum atomic E-state index is 3.77. The second-order valence-corrected chi connectivity index (χ2v) is 3.46. The van der Waals surface area contributed by atoms with Gasteiger partial charge in [-0.2, -0.15) is 0 Å². The van der Waals surface area contributed by atoms with E-state index in [1.165, 1.54) is 5.56 Å². The van der Waals surface area contributed by atoms with Gasteiger partial charge in [-0.3, -0.25) is 0 Å². The molecular formula is C12H18N2. The molecule has 0 aliphatic rings. The molecular weight excluding hydrogens is 172 g/mol. The van der Waals surface area contributed by atoms with Crippen molar-refractivity contribution in [3.63, 3.8) is 0 Å². The van der Waals surface area contributed by atoms with Gasteiger partial charge in [0, 0.05) is 24.1 Å². The second kappa shape index (κ2) is 4.82. The van der Waals surface area contributed by atoms with E-state index in [2.05, 4.69) is 37.7 Å². The molecule has 0 spiro atoms. The average molecular weight is 190 g/mol. The SMILES string of the molecule is C=Cc1cc(CC(C)NC)cn1C=C. The minimum Gasteiger partial charge on any atom is -0.324 e. The highest BCUT2D eigenvalue weighted by Gasteiger charge is 2.04. The van der Waals surface area contributed by atoms with Gasteiger partial charge in [-0.15, -0.1) is 0 Å². The third-order valence-corrected chi connectivity index (χ3v) is 2.38. The van der Waals surface area contributed by atoms with Crippen LogP contribution >= 0.6 is 0 Å². The van der Waals surface area contributed by atoms with Gasteiger partial charge in [-0.25, -0.2) is 0 Å². The Hall–Kier alpha value is -1.28. The van der Waals surface area contributed by atoms with Crippen LogP contribution in [0.4, 0.5) is 0 Å². The summed E-state index contributed by atoms with van der Waals surface area (Å²) >= 11 is 0. The van der Waals surface area contributed by atoms with Crippen LogP contribution in [0.15, 0.2) is 25.4 Å². The van der Waals surface area contributed by atoms with Gasteiger partial charge >= 0.3 is 0 Å². The molecule has 0 aliphatic carbocycles. The quantitative estimate of drug-likeness (QED) is 0.754. The Kier molecular flexibility index (Phi) is 3.72. The van der Waals surface area contributed by atoms with E-state index in [1.807, 2.05) is 17.7 Å². The zero-order chi connectivity index (χ0) is 10.6. The van der Waals surface area contributed by atoms with Crippen LogP contribution in [0.3, 0.4) is 0 Å². The van der Waals surface area contributed by atoms with Gasteiger partial charge in [0.25, 0.3) is 0 Å². The van der Waals surface area contributed by atoms with Crippen LogP contribution in [0.1, 0.15) is 18.2 Å². The first kappa shape index (κ1) is 10.8. The summed E-state index contributed by atoms with van der Waals surface area (Å²) in [5, 5.41) is 3.22. The van der Waals surface area contributed by atoms with Crippen molar-refractivity contribution in [2.45, 2.75) is 19.4 Å². The molecule has 0 fully saturated rings. The van der Waals surface area contributed by atoms with E-state index in [0.717, 1.165) is 12.1 Å². The molecule has 1 unspecified atom stereocenters. The van der Waals surface area contributed by atoms with Crippen molar-refractivity contribution >= 4 is 12.3 Å². The number of likely N-dealkylation sites (N-methyl/N-ethyl adjacent to an activating group) is 1. The van der Waals surface area contributed by atoms with E-state index in [4.69, 9.17) is 0 Å². The highest BCUT2D eigenvalue weighted by atomic mass is 14.9. The van der Waals surface area contributed by atoms with Crippen molar-refractivity contribution in [3.05, 3.63) is 36.7 Å². The smallest absolute Gasteiger partial charge is 0.0446 e. The Morgan fingerprint density at radius 2 is 2.29 bits per heavy atom. The topological polar surface area (TPSA) is 17.0 Å². The Balaban J connectivity index is 2.84. The van der Waals surface area contributed by atoms with E-state index in [1.54, 1.807) is 6.20 Å². The molecule has 1 aromatic heterocycles. The average Bonchev–Trinajstić information content (AvgIpc) is 2.59. The minimum atomic E-state index is 0.494. The van der Waals surface area contributed by atoms with Crippen molar-refractivity contribution in [3.8, 4) is 0 Å². The van der Waals surface area contributed by atoms with Crippen LogP contribution in [-0.4, -0.2) is 17.7 Å². The fraction of sp³-hybridized carbons (Fsp3) is 0.333. The zero-order valence-electron chi connectivity index (χ0n) is 8.96. The van der Waals surface area contributed by atoms with Crippen molar-refractivity contribution in [2.24, 2.45) is 0 Å². The lowest BCUT2D eigenvalue weighted by atomic mass is 10.1. The monoisotopic (exact) mass is 190 g/mol. The molecule has 2 heteroatoms. The third-order valence-electron chi connectivity index (χ3n) is 2.38. The first-order valence-electron chi connectivity index (χ1n) is 4.84. The van der Waals surface area contributed by atoms with Crippen LogP contribution in [0.25, 0.3) is 12.3 Å². The van der Waals surface area contributed by atoms with Crippen LogP contribution < -0.4 is 5.32 Å². The molecule has 0 amide bonds. The fourth-order valence-electron chi connectivity index (χ4n) is 1.44. The minimum absolute atomic E-state index is 0.494. The number of nitrogens with one attached hydrogen (secondary N) is 1. The van der Waals surface area contributed by atoms with Crippen molar-refractivity contribution in [2.75, 3.05) is 7.05 Å². The number of rotatable bonds is 5. The maximum Gasteiger partial charge on any atom is 0.0446 e. The Bertz CT molecular complexity index is 298. The third kappa shape index (κ3) is 2.36. The van der Waals surface area contributed by atoms with E-state index in [-0.39, 0.29) is 0 Å². The normalized spacial score (nSPS) is 12.4. The summed E-state index contributed by atoms with van der Waals surface area (Å²) in [6.07, 6.45) is 6.76. The molecule has 0 saturated heterocycles. The summed E-state index contributed by atoms with van der Waals surface area (Å²) < 4.78 is 1.99. The largest absolute Gasteiger partial charge is 0.324 e. The van der Waals surface area contributed by atoms with Crippen LogP contribution in [0.5, 0.6) is 0 Å². The highest BCUT2D eigenvalue weighted by molar-refractivity contribution is 5.49. The molecule has 0 bridgehead atoms. The number of nitrogens with zero attached hydrogens (tertiary/aromatic N) is 1. The summed E-state index contributed by atoms with van der Waals surface area (Å²) in [5.41, 5.74) is 2.40. The van der Waals surface area contributed by atoms with Gasteiger partial charge in [-0.1, -0.05) is 13.2 Å². The molecule has 1 heterocycles. The van der Waals surface area contributed by atoms with Crippen LogP contribution in [0, 0.1) is 0 Å². The molecule has 1 atom stereocenters. The molecule has 0 aromatic carbocycles. The molecule has 1 N–H and O–H groups in total. The van der Waals surface area contributed by atoms with Gasteiger partial charge in [0.15, 0.2) is 0 Å². The predicted octanol–water partition coefficient (Wildman–Crippen LogP) is 2.38. The summed E-state index contributed by atoms with van der Waals surface area (Å²) in [6, 6.07) is 2.64. The Morgan fingerprint density at radius 3 is 2.71 bits per heavy atom. The zero-order valence-corrected chi connectivity index (χ0v) is 8.96. The van der Waals surface area contributed by atoms with Crippen molar-refractivity contribution in [1.29, 1.82) is 0 Å². The standard InChI is InChI=1S/C12H18N2/c1-5-12-8-11(7-10(3)13-4)9-14(12)6-2/h5-6,8-10,13H,1-2,7H2,3-4H3. The number of aromatic nitrogens is 1. The lowest BCUT2D eigenvalue weighted by molar-refractivity contribution is 0.608. The molecule has 0 saturated carbocycles. The van der Waals surface area contributed by atoms with Gasteiger partial charge in [0.2, 0.25) is 0 Å².